The first-order chi connectivity index (χ1) is 12.8. The highest BCUT2D eigenvalue weighted by Gasteiger charge is 2.31. The van der Waals surface area contributed by atoms with Crippen molar-refractivity contribution in [3.63, 3.8) is 0 Å². The van der Waals surface area contributed by atoms with Crippen molar-refractivity contribution in [1.82, 2.24) is 4.31 Å². The van der Waals surface area contributed by atoms with Gasteiger partial charge >= 0.3 is 0 Å². The molecular formula is C19H20Cl2N2O3S. The number of para-hydroxylation sites is 1. The highest BCUT2D eigenvalue weighted by Crippen LogP contribution is 2.26. The number of sulfonamides is 1. The maximum absolute atomic E-state index is 12.7. The van der Waals surface area contributed by atoms with E-state index in [1.165, 1.54) is 4.31 Å². The van der Waals surface area contributed by atoms with Crippen LogP contribution in [0.25, 0.3) is 0 Å². The van der Waals surface area contributed by atoms with Crippen LogP contribution in [0.5, 0.6) is 0 Å². The number of carbonyl (C=O) groups is 1. The van der Waals surface area contributed by atoms with Gasteiger partial charge in [0.25, 0.3) is 0 Å². The average Bonchev–Trinajstić information content (AvgIpc) is 2.65. The van der Waals surface area contributed by atoms with Crippen molar-refractivity contribution in [2.24, 2.45) is 5.92 Å². The van der Waals surface area contributed by atoms with Crippen molar-refractivity contribution >= 4 is 44.8 Å². The lowest BCUT2D eigenvalue weighted by Crippen LogP contribution is -2.41. The van der Waals surface area contributed by atoms with Gasteiger partial charge in [-0.2, -0.15) is 0 Å². The van der Waals surface area contributed by atoms with Gasteiger partial charge in [-0.05, 0) is 42.7 Å². The van der Waals surface area contributed by atoms with E-state index in [4.69, 9.17) is 23.2 Å². The first kappa shape index (κ1) is 20.1. The van der Waals surface area contributed by atoms with Crippen LogP contribution in [0.1, 0.15) is 18.4 Å². The Balaban J connectivity index is 1.57. The van der Waals surface area contributed by atoms with Crippen molar-refractivity contribution in [3.05, 3.63) is 64.1 Å². The van der Waals surface area contributed by atoms with E-state index in [1.807, 2.05) is 30.3 Å². The van der Waals surface area contributed by atoms with Crippen LogP contribution in [-0.4, -0.2) is 31.7 Å². The number of anilines is 1. The van der Waals surface area contributed by atoms with Crippen molar-refractivity contribution < 1.29 is 13.2 Å². The van der Waals surface area contributed by atoms with E-state index in [0.29, 0.717) is 41.5 Å². The molecule has 0 bridgehead atoms. The summed E-state index contributed by atoms with van der Waals surface area (Å²) < 4.78 is 26.8. The van der Waals surface area contributed by atoms with Gasteiger partial charge in [-0.3, -0.25) is 4.79 Å². The highest BCUT2D eigenvalue weighted by atomic mass is 35.5. The zero-order valence-corrected chi connectivity index (χ0v) is 16.9. The van der Waals surface area contributed by atoms with Crippen LogP contribution in [0, 0.1) is 5.92 Å². The summed E-state index contributed by atoms with van der Waals surface area (Å²) in [6, 6.07) is 14.1. The predicted octanol–water partition coefficient (Wildman–Crippen LogP) is 4.17. The third-order valence-corrected chi connectivity index (χ3v) is 7.18. The molecule has 8 heteroatoms. The average molecular weight is 427 g/mol. The summed E-state index contributed by atoms with van der Waals surface area (Å²) in [6.45, 7) is 0.660. The second-order valence-electron chi connectivity index (χ2n) is 6.53. The minimum Gasteiger partial charge on any atom is -0.326 e. The molecule has 1 aliphatic rings. The number of carbonyl (C=O) groups excluding carboxylic acids is 1. The smallest absolute Gasteiger partial charge is 0.227 e. The zero-order valence-electron chi connectivity index (χ0n) is 14.6. The quantitative estimate of drug-likeness (QED) is 0.779. The van der Waals surface area contributed by atoms with Crippen molar-refractivity contribution in [1.29, 1.82) is 0 Å². The Labute approximate surface area is 169 Å². The lowest BCUT2D eigenvalue weighted by molar-refractivity contribution is -0.120. The summed E-state index contributed by atoms with van der Waals surface area (Å²) >= 11 is 11.8. The first-order valence-corrected chi connectivity index (χ1v) is 11.0. The number of hydrogen-bond acceptors (Lipinski definition) is 3. The lowest BCUT2D eigenvalue weighted by Gasteiger charge is -2.30. The maximum Gasteiger partial charge on any atom is 0.227 e. The summed E-state index contributed by atoms with van der Waals surface area (Å²) in [5.41, 5.74) is 1.34. The topological polar surface area (TPSA) is 66.5 Å². The van der Waals surface area contributed by atoms with Gasteiger partial charge in [0.05, 0.1) is 15.8 Å². The molecule has 1 N–H and O–H groups in total. The number of halogens is 2. The molecule has 0 unspecified atom stereocenters. The van der Waals surface area contributed by atoms with Crippen molar-refractivity contribution in [2.45, 2.75) is 18.6 Å². The SMILES string of the molecule is O=C(Nc1ccccc1)C1CCN(S(=O)(=O)Cc2ccc(Cl)c(Cl)c2)CC1. The Morgan fingerprint density at radius 3 is 2.33 bits per heavy atom. The lowest BCUT2D eigenvalue weighted by atomic mass is 9.97. The second kappa shape index (κ2) is 8.61. The molecule has 0 saturated carbocycles. The molecular weight excluding hydrogens is 407 g/mol. The third-order valence-electron chi connectivity index (χ3n) is 4.59. The number of amides is 1. The van der Waals surface area contributed by atoms with Gasteiger partial charge in [0.2, 0.25) is 15.9 Å². The molecule has 3 rings (SSSR count). The molecule has 0 aliphatic carbocycles. The second-order valence-corrected chi connectivity index (χ2v) is 9.32. The van der Waals surface area contributed by atoms with Crippen molar-refractivity contribution in [2.75, 3.05) is 18.4 Å². The number of benzene rings is 2. The fourth-order valence-corrected chi connectivity index (χ4v) is 4.96. The van der Waals surface area contributed by atoms with Crippen LogP contribution in [0.4, 0.5) is 5.69 Å². The Morgan fingerprint density at radius 1 is 1.04 bits per heavy atom. The summed E-state index contributed by atoms with van der Waals surface area (Å²) in [7, 11) is -3.47. The minimum absolute atomic E-state index is 0.0669. The number of piperidine rings is 1. The van der Waals surface area contributed by atoms with E-state index in [2.05, 4.69) is 5.32 Å². The van der Waals surface area contributed by atoms with Crippen molar-refractivity contribution in [3.8, 4) is 0 Å². The first-order valence-electron chi connectivity index (χ1n) is 8.63. The molecule has 0 aromatic heterocycles. The largest absolute Gasteiger partial charge is 0.326 e. The maximum atomic E-state index is 12.7. The molecule has 1 saturated heterocycles. The number of hydrogen-bond donors (Lipinski definition) is 1. The fourth-order valence-electron chi connectivity index (χ4n) is 3.09. The van der Waals surface area contributed by atoms with E-state index >= 15 is 0 Å². The summed E-state index contributed by atoms with van der Waals surface area (Å²) in [4.78, 5) is 12.4. The van der Waals surface area contributed by atoms with E-state index in [1.54, 1.807) is 18.2 Å². The van der Waals surface area contributed by atoms with Gasteiger partial charge < -0.3 is 5.32 Å². The van der Waals surface area contributed by atoms with Crippen LogP contribution in [0.3, 0.4) is 0 Å². The molecule has 5 nitrogen and oxygen atoms in total. The van der Waals surface area contributed by atoms with E-state index in [0.717, 1.165) is 5.69 Å². The standard InChI is InChI=1S/C19H20Cl2N2O3S/c20-17-7-6-14(12-18(17)21)13-27(25,26)23-10-8-15(9-11-23)19(24)22-16-4-2-1-3-5-16/h1-7,12,15H,8-11,13H2,(H,22,24). The third kappa shape index (κ3) is 5.23. The van der Waals surface area contributed by atoms with Crippen LogP contribution >= 0.6 is 23.2 Å². The van der Waals surface area contributed by atoms with Crippen LogP contribution < -0.4 is 5.32 Å². The van der Waals surface area contributed by atoms with Gasteiger partial charge in [-0.15, -0.1) is 0 Å². The predicted molar refractivity (Wildman–Crippen MR) is 108 cm³/mol. The molecule has 27 heavy (non-hydrogen) atoms. The molecule has 1 heterocycles. The van der Waals surface area contributed by atoms with Gasteiger partial charge in [0.15, 0.2) is 0 Å². The van der Waals surface area contributed by atoms with Crippen LogP contribution in [-0.2, 0) is 20.6 Å². The van der Waals surface area contributed by atoms with Gasteiger partial charge in [-0.25, -0.2) is 12.7 Å². The summed E-state index contributed by atoms with van der Waals surface area (Å²) in [5, 5.41) is 3.61. The zero-order chi connectivity index (χ0) is 19.4. The van der Waals surface area contributed by atoms with Gasteiger partial charge in [-0.1, -0.05) is 47.5 Å². The van der Waals surface area contributed by atoms with Crippen LogP contribution in [0.2, 0.25) is 10.0 Å². The molecule has 1 amide bonds. The van der Waals surface area contributed by atoms with E-state index < -0.39 is 10.0 Å². The van der Waals surface area contributed by atoms with E-state index in [-0.39, 0.29) is 17.6 Å². The van der Waals surface area contributed by atoms with Crippen LogP contribution in [0.15, 0.2) is 48.5 Å². The van der Waals surface area contributed by atoms with Gasteiger partial charge in [0, 0.05) is 24.7 Å². The molecule has 0 atom stereocenters. The normalized spacial score (nSPS) is 16.2. The number of rotatable bonds is 5. The Bertz CT molecular complexity index is 912. The minimum atomic E-state index is -3.47. The fraction of sp³-hybridized carbons (Fsp3) is 0.316. The molecule has 2 aromatic carbocycles. The summed E-state index contributed by atoms with van der Waals surface area (Å²) in [5.74, 6) is -0.394. The molecule has 1 fully saturated rings. The highest BCUT2D eigenvalue weighted by molar-refractivity contribution is 7.88. The Morgan fingerprint density at radius 2 is 1.70 bits per heavy atom. The molecule has 2 aromatic rings. The van der Waals surface area contributed by atoms with Gasteiger partial charge in [0.1, 0.15) is 0 Å². The molecule has 0 spiro atoms. The monoisotopic (exact) mass is 426 g/mol. The number of nitrogens with one attached hydrogen (secondary N) is 1. The van der Waals surface area contributed by atoms with E-state index in [9.17, 15) is 13.2 Å². The Hall–Kier alpha value is -1.60. The Kier molecular flexibility index (Phi) is 6.42. The number of nitrogens with zero attached hydrogens (tertiary/aromatic N) is 1. The molecule has 0 radical (unpaired) electrons. The summed E-state index contributed by atoms with van der Waals surface area (Å²) in [6.07, 6.45) is 0.999. The molecule has 1 aliphatic heterocycles. The molecule has 144 valence electrons.